The number of carbonyl (C=O) groups is 2. The van der Waals surface area contributed by atoms with Gasteiger partial charge in [0.05, 0.1) is 11.7 Å². The lowest BCUT2D eigenvalue weighted by molar-refractivity contribution is -0.117. The minimum atomic E-state index is -0.531. The summed E-state index contributed by atoms with van der Waals surface area (Å²) in [4.78, 5) is 34.4. The van der Waals surface area contributed by atoms with Crippen LogP contribution in [0.4, 0.5) is 0 Å². The van der Waals surface area contributed by atoms with Gasteiger partial charge in [-0.05, 0) is 53.2 Å². The normalized spacial score (nSPS) is 16.2. The molecule has 35 heavy (non-hydrogen) atoms. The summed E-state index contributed by atoms with van der Waals surface area (Å²) in [7, 11) is 2.11. The molecule has 0 spiro atoms. The summed E-state index contributed by atoms with van der Waals surface area (Å²) in [6.45, 7) is 14.7. The molecule has 1 aliphatic heterocycles. The van der Waals surface area contributed by atoms with E-state index in [4.69, 9.17) is 0 Å². The summed E-state index contributed by atoms with van der Waals surface area (Å²) < 4.78 is 0.433. The van der Waals surface area contributed by atoms with Crippen LogP contribution in [0.1, 0.15) is 29.4 Å². The van der Waals surface area contributed by atoms with Crippen molar-refractivity contribution in [3.05, 3.63) is 70.5 Å². The number of rotatable bonds is 11. The van der Waals surface area contributed by atoms with Crippen LogP contribution in [-0.2, 0) is 4.79 Å². The highest BCUT2D eigenvalue weighted by Gasteiger charge is 2.18. The molecule has 9 heteroatoms. The number of amides is 2. The standard InChI is InChI=1S/C26H33BrN6O2/c1-5-8-19(6-2)23(7-3)31-26(35)21(18-28)16-22-15-20(17-24(27)30-22)25(34)29-9-10-33-13-11-32(4)12-14-33/h5-6,8,15-17,23H,1-2,7,9-14H2,3-4H3,(H,29,34)(H,31,35)/b19-8+,21-16+. The third-order valence-corrected chi connectivity index (χ3v) is 6.11. The van der Waals surface area contributed by atoms with E-state index < -0.39 is 5.91 Å². The van der Waals surface area contributed by atoms with Crippen molar-refractivity contribution < 1.29 is 9.59 Å². The Hall–Kier alpha value is -3.06. The van der Waals surface area contributed by atoms with Gasteiger partial charge in [0.2, 0.25) is 0 Å². The molecule has 2 amide bonds. The van der Waals surface area contributed by atoms with Crippen molar-refractivity contribution >= 4 is 33.8 Å². The Labute approximate surface area is 216 Å². The second-order valence-corrected chi connectivity index (χ2v) is 9.03. The maximum Gasteiger partial charge on any atom is 0.262 e. The van der Waals surface area contributed by atoms with Crippen LogP contribution in [0.5, 0.6) is 0 Å². The molecule has 1 fully saturated rings. The number of pyridine rings is 1. The smallest absolute Gasteiger partial charge is 0.262 e. The van der Waals surface area contributed by atoms with Crippen LogP contribution in [0, 0.1) is 11.3 Å². The molecule has 1 aliphatic rings. The number of nitrogens with one attached hydrogen (secondary N) is 2. The van der Waals surface area contributed by atoms with Crippen LogP contribution in [0.15, 0.2) is 59.3 Å². The summed E-state index contributed by atoms with van der Waals surface area (Å²) in [5.41, 5.74) is 1.40. The lowest BCUT2D eigenvalue weighted by Gasteiger charge is -2.32. The molecule has 2 N–H and O–H groups in total. The molecular weight excluding hydrogens is 508 g/mol. The second-order valence-electron chi connectivity index (χ2n) is 8.21. The van der Waals surface area contributed by atoms with Crippen molar-refractivity contribution in [3.8, 4) is 6.07 Å². The molecule has 0 bridgehead atoms. The van der Waals surface area contributed by atoms with E-state index in [0.717, 1.165) is 38.3 Å². The van der Waals surface area contributed by atoms with Crippen LogP contribution in [0.3, 0.4) is 0 Å². The summed E-state index contributed by atoms with van der Waals surface area (Å²) in [6, 6.07) is 4.79. The van der Waals surface area contributed by atoms with Gasteiger partial charge in [-0.25, -0.2) is 4.98 Å². The zero-order valence-corrected chi connectivity index (χ0v) is 22.0. The minimum absolute atomic E-state index is 0.113. The number of nitriles is 1. The molecule has 1 saturated heterocycles. The van der Waals surface area contributed by atoms with E-state index in [1.165, 1.54) is 6.08 Å². The molecule has 1 aromatic heterocycles. The number of nitrogens with zero attached hydrogens (tertiary/aromatic N) is 4. The van der Waals surface area contributed by atoms with Gasteiger partial charge >= 0.3 is 0 Å². The Morgan fingerprint density at radius 2 is 2.00 bits per heavy atom. The summed E-state index contributed by atoms with van der Waals surface area (Å²) in [5.74, 6) is -0.771. The van der Waals surface area contributed by atoms with Gasteiger partial charge in [-0.2, -0.15) is 5.26 Å². The lowest BCUT2D eigenvalue weighted by atomic mass is 10.0. The average Bonchev–Trinajstić information content (AvgIpc) is 2.85. The highest BCUT2D eigenvalue weighted by molar-refractivity contribution is 9.10. The molecule has 2 rings (SSSR count). The zero-order chi connectivity index (χ0) is 25.8. The van der Waals surface area contributed by atoms with Crippen molar-refractivity contribution in [2.75, 3.05) is 46.3 Å². The minimum Gasteiger partial charge on any atom is -0.351 e. The van der Waals surface area contributed by atoms with Crippen molar-refractivity contribution in [2.24, 2.45) is 0 Å². The Bertz CT molecular complexity index is 1030. The monoisotopic (exact) mass is 540 g/mol. The molecule has 0 aromatic carbocycles. The Morgan fingerprint density at radius 1 is 1.29 bits per heavy atom. The summed E-state index contributed by atoms with van der Waals surface area (Å²) in [6.07, 6.45) is 7.02. The predicted molar refractivity (Wildman–Crippen MR) is 142 cm³/mol. The first-order valence-corrected chi connectivity index (χ1v) is 12.3. The number of aromatic nitrogens is 1. The Morgan fingerprint density at radius 3 is 2.60 bits per heavy atom. The molecule has 1 unspecified atom stereocenters. The molecule has 8 nitrogen and oxygen atoms in total. The molecule has 1 atom stereocenters. The van der Waals surface area contributed by atoms with E-state index in [2.05, 4.69) is 61.6 Å². The van der Waals surface area contributed by atoms with Gasteiger partial charge in [-0.1, -0.05) is 38.3 Å². The maximum absolute atomic E-state index is 12.8. The van der Waals surface area contributed by atoms with Gasteiger partial charge in [0.15, 0.2) is 0 Å². The van der Waals surface area contributed by atoms with E-state index in [1.807, 2.05) is 13.0 Å². The number of likely N-dealkylation sites (N-methyl/N-ethyl adjacent to an activating group) is 1. The fraction of sp³-hybridized carbons (Fsp3) is 0.385. The third kappa shape index (κ3) is 8.91. The summed E-state index contributed by atoms with van der Waals surface area (Å²) in [5, 5.41) is 15.4. The first-order valence-electron chi connectivity index (χ1n) is 11.6. The molecule has 186 valence electrons. The van der Waals surface area contributed by atoms with E-state index in [0.29, 0.717) is 28.8 Å². The van der Waals surface area contributed by atoms with Crippen molar-refractivity contribution in [1.29, 1.82) is 5.26 Å². The highest BCUT2D eigenvalue weighted by Crippen LogP contribution is 2.15. The average molecular weight is 541 g/mol. The largest absolute Gasteiger partial charge is 0.351 e. The number of hydrogen-bond donors (Lipinski definition) is 2. The van der Waals surface area contributed by atoms with Crippen molar-refractivity contribution in [2.45, 2.75) is 19.4 Å². The molecule has 2 heterocycles. The van der Waals surface area contributed by atoms with Gasteiger partial charge < -0.3 is 15.5 Å². The van der Waals surface area contributed by atoms with Crippen LogP contribution < -0.4 is 10.6 Å². The van der Waals surface area contributed by atoms with Crippen molar-refractivity contribution in [1.82, 2.24) is 25.4 Å². The summed E-state index contributed by atoms with van der Waals surface area (Å²) >= 11 is 3.32. The van der Waals surface area contributed by atoms with Gasteiger partial charge in [-0.15, -0.1) is 0 Å². The van der Waals surface area contributed by atoms with Crippen LogP contribution in [-0.4, -0.2) is 79.0 Å². The predicted octanol–water partition coefficient (Wildman–Crippen LogP) is 2.92. The number of piperazine rings is 1. The Kier molecular flexibility index (Phi) is 11.6. The zero-order valence-electron chi connectivity index (χ0n) is 20.4. The van der Waals surface area contributed by atoms with Gasteiger partial charge in [0.1, 0.15) is 16.2 Å². The molecule has 1 aromatic rings. The highest BCUT2D eigenvalue weighted by atomic mass is 79.9. The first kappa shape index (κ1) is 28.2. The fourth-order valence-corrected chi connectivity index (χ4v) is 4.09. The van der Waals surface area contributed by atoms with E-state index in [-0.39, 0.29) is 17.5 Å². The number of carbonyl (C=O) groups excluding carboxylic acids is 2. The van der Waals surface area contributed by atoms with Gasteiger partial charge in [-0.3, -0.25) is 14.5 Å². The van der Waals surface area contributed by atoms with Crippen molar-refractivity contribution in [3.63, 3.8) is 0 Å². The number of halogens is 1. The van der Waals surface area contributed by atoms with Gasteiger partial charge in [0, 0.05) is 44.8 Å². The first-order chi connectivity index (χ1) is 16.8. The van der Waals surface area contributed by atoms with E-state index >= 15 is 0 Å². The molecule has 0 aliphatic carbocycles. The van der Waals surface area contributed by atoms with Crippen LogP contribution in [0.2, 0.25) is 0 Å². The maximum atomic E-state index is 12.8. The molecule has 0 saturated carbocycles. The number of hydrogen-bond acceptors (Lipinski definition) is 6. The van der Waals surface area contributed by atoms with Crippen LogP contribution in [0.25, 0.3) is 6.08 Å². The lowest BCUT2D eigenvalue weighted by Crippen LogP contribution is -2.46. The molecule has 0 radical (unpaired) electrons. The van der Waals surface area contributed by atoms with E-state index in [1.54, 1.807) is 30.4 Å². The Balaban J connectivity index is 2.09. The topological polar surface area (TPSA) is 101 Å². The molecular formula is C26H33BrN6O2. The SMILES string of the molecule is C=C/C=C(\C=C)C(CC)NC(=O)/C(C#N)=C/c1cc(C(=O)NCCN2CCN(C)CC2)cc(Br)n1. The van der Waals surface area contributed by atoms with Gasteiger partial charge in [0.25, 0.3) is 11.8 Å². The van der Waals surface area contributed by atoms with E-state index in [9.17, 15) is 14.9 Å². The third-order valence-electron chi connectivity index (χ3n) is 5.70. The quantitative estimate of drug-likeness (QED) is 0.193. The van der Waals surface area contributed by atoms with Crippen LogP contribution >= 0.6 is 15.9 Å². The number of allylic oxidation sites excluding steroid dienone is 2. The second kappa shape index (κ2) is 14.4. The fourth-order valence-electron chi connectivity index (χ4n) is 3.64.